The summed E-state index contributed by atoms with van der Waals surface area (Å²) >= 11 is 1.08. The van der Waals surface area contributed by atoms with Gasteiger partial charge in [0.05, 0.1) is 6.42 Å². The average Bonchev–Trinajstić information content (AvgIpc) is 2.63. The Morgan fingerprint density at radius 2 is 2.43 bits per heavy atom. The van der Waals surface area contributed by atoms with Crippen molar-refractivity contribution in [1.82, 2.24) is 14.8 Å². The standard InChI is InChI=1S/C6H9N5O2S/c1-4(2-3-5(12)13)7-8-6-9-10-11-14-6/h2-3H2,1H3,(H,12,13)(H,8,9,11)/b7-4+. The Morgan fingerprint density at radius 3 is 3.00 bits per heavy atom. The van der Waals surface area contributed by atoms with Crippen molar-refractivity contribution in [2.75, 3.05) is 5.43 Å². The van der Waals surface area contributed by atoms with E-state index in [0.717, 1.165) is 11.5 Å². The zero-order valence-corrected chi connectivity index (χ0v) is 8.28. The Morgan fingerprint density at radius 1 is 1.64 bits per heavy atom. The minimum Gasteiger partial charge on any atom is -0.481 e. The molecule has 0 spiro atoms. The first-order valence-electron chi connectivity index (χ1n) is 3.84. The van der Waals surface area contributed by atoms with Crippen LogP contribution in [0.4, 0.5) is 5.13 Å². The highest BCUT2D eigenvalue weighted by Gasteiger charge is 1.99. The predicted molar refractivity (Wildman–Crippen MR) is 51.3 cm³/mol. The van der Waals surface area contributed by atoms with E-state index in [1.54, 1.807) is 6.92 Å². The molecule has 0 saturated carbocycles. The molecular weight excluding hydrogens is 206 g/mol. The van der Waals surface area contributed by atoms with Gasteiger partial charge >= 0.3 is 5.97 Å². The van der Waals surface area contributed by atoms with Gasteiger partial charge in [-0.05, 0) is 18.6 Å². The Labute approximate surface area is 84.0 Å². The zero-order chi connectivity index (χ0) is 10.4. The second-order valence-electron chi connectivity index (χ2n) is 2.52. The summed E-state index contributed by atoms with van der Waals surface area (Å²) in [6, 6.07) is 0. The number of carbonyl (C=O) groups is 1. The number of nitrogens with one attached hydrogen (secondary N) is 1. The number of rotatable bonds is 5. The molecule has 0 aromatic carbocycles. The number of hydrogen-bond acceptors (Lipinski definition) is 7. The van der Waals surface area contributed by atoms with Crippen molar-refractivity contribution in [1.29, 1.82) is 0 Å². The van der Waals surface area contributed by atoms with Crippen LogP contribution < -0.4 is 5.43 Å². The molecule has 76 valence electrons. The molecule has 8 heteroatoms. The maximum atomic E-state index is 10.2. The van der Waals surface area contributed by atoms with E-state index < -0.39 is 5.97 Å². The highest BCUT2D eigenvalue weighted by Crippen LogP contribution is 2.04. The topological polar surface area (TPSA) is 100 Å². The lowest BCUT2D eigenvalue weighted by Gasteiger charge is -1.97. The van der Waals surface area contributed by atoms with Crippen LogP contribution in [0.1, 0.15) is 19.8 Å². The summed E-state index contributed by atoms with van der Waals surface area (Å²) in [5.41, 5.74) is 3.32. The lowest BCUT2D eigenvalue weighted by Crippen LogP contribution is -2.02. The highest BCUT2D eigenvalue weighted by molar-refractivity contribution is 7.09. The number of nitrogens with zero attached hydrogens (tertiary/aromatic N) is 4. The lowest BCUT2D eigenvalue weighted by molar-refractivity contribution is -0.136. The molecule has 0 radical (unpaired) electrons. The fourth-order valence-corrected chi connectivity index (χ4v) is 0.974. The summed E-state index contributed by atoms with van der Waals surface area (Å²) in [5.74, 6) is -0.836. The van der Waals surface area contributed by atoms with Crippen molar-refractivity contribution in [3.8, 4) is 0 Å². The van der Waals surface area contributed by atoms with Crippen LogP contribution in [0.25, 0.3) is 0 Å². The summed E-state index contributed by atoms with van der Waals surface area (Å²) in [4.78, 5) is 10.2. The van der Waals surface area contributed by atoms with Crippen LogP contribution >= 0.6 is 11.5 Å². The molecule has 0 atom stereocenters. The Kier molecular flexibility index (Phi) is 3.92. The van der Waals surface area contributed by atoms with Crippen molar-refractivity contribution in [2.24, 2.45) is 5.10 Å². The molecule has 1 aromatic rings. The van der Waals surface area contributed by atoms with E-state index in [-0.39, 0.29) is 6.42 Å². The van der Waals surface area contributed by atoms with Crippen molar-refractivity contribution in [2.45, 2.75) is 19.8 Å². The third-order valence-electron chi connectivity index (χ3n) is 1.34. The van der Waals surface area contributed by atoms with Gasteiger partial charge in [-0.15, -0.1) is 0 Å². The number of carboxylic acids is 1. The van der Waals surface area contributed by atoms with E-state index in [0.29, 0.717) is 17.3 Å². The number of carboxylic acid groups (broad SMARTS) is 1. The van der Waals surface area contributed by atoms with E-state index in [2.05, 4.69) is 25.3 Å². The molecular formula is C6H9N5O2S. The smallest absolute Gasteiger partial charge is 0.303 e. The van der Waals surface area contributed by atoms with Gasteiger partial charge in [-0.25, -0.2) is 0 Å². The van der Waals surface area contributed by atoms with E-state index in [9.17, 15) is 4.79 Å². The average molecular weight is 215 g/mol. The van der Waals surface area contributed by atoms with Gasteiger partial charge in [0.1, 0.15) is 0 Å². The van der Waals surface area contributed by atoms with Gasteiger partial charge in [-0.3, -0.25) is 10.2 Å². The maximum absolute atomic E-state index is 10.2. The molecule has 0 unspecified atom stereocenters. The molecule has 0 aliphatic heterocycles. The van der Waals surface area contributed by atoms with Crippen LogP contribution in [0.2, 0.25) is 0 Å². The van der Waals surface area contributed by atoms with Gasteiger partial charge in [-0.1, -0.05) is 9.59 Å². The molecule has 0 fully saturated rings. The number of aliphatic carboxylic acids is 1. The lowest BCUT2D eigenvalue weighted by atomic mass is 10.2. The molecule has 7 nitrogen and oxygen atoms in total. The van der Waals surface area contributed by atoms with Gasteiger partial charge in [0.2, 0.25) is 5.13 Å². The normalized spacial score (nSPS) is 11.4. The maximum Gasteiger partial charge on any atom is 0.303 e. The number of hydrogen-bond donors (Lipinski definition) is 2. The van der Waals surface area contributed by atoms with Crippen LogP contribution in [0.5, 0.6) is 0 Å². The number of anilines is 1. The first-order valence-corrected chi connectivity index (χ1v) is 4.62. The largest absolute Gasteiger partial charge is 0.481 e. The third kappa shape index (κ3) is 3.90. The van der Waals surface area contributed by atoms with Crippen molar-refractivity contribution < 1.29 is 9.90 Å². The third-order valence-corrected chi connectivity index (χ3v) is 1.84. The summed E-state index contributed by atoms with van der Waals surface area (Å²) in [5, 5.41) is 19.8. The minimum atomic E-state index is -0.836. The second kappa shape index (κ2) is 5.22. The molecule has 0 aliphatic rings. The Hall–Kier alpha value is -1.57. The van der Waals surface area contributed by atoms with Crippen molar-refractivity contribution in [3.05, 3.63) is 0 Å². The highest BCUT2D eigenvalue weighted by atomic mass is 32.1. The van der Waals surface area contributed by atoms with Gasteiger partial charge in [0.25, 0.3) is 0 Å². The molecule has 0 amide bonds. The van der Waals surface area contributed by atoms with Gasteiger partial charge in [-0.2, -0.15) is 5.10 Å². The monoisotopic (exact) mass is 215 g/mol. The number of aromatic nitrogens is 3. The SMILES string of the molecule is C/C(CCC(=O)O)=N\Nc1nnns1. The molecule has 0 bridgehead atoms. The predicted octanol–water partition coefficient (Wildman–Crippen LogP) is 0.586. The van der Waals surface area contributed by atoms with Crippen LogP contribution in [0.3, 0.4) is 0 Å². The summed E-state index contributed by atoms with van der Waals surface area (Å²) in [6.07, 6.45) is 0.486. The van der Waals surface area contributed by atoms with Gasteiger partial charge in [0, 0.05) is 17.2 Å². The molecule has 1 aromatic heterocycles. The first-order chi connectivity index (χ1) is 6.68. The molecule has 0 saturated heterocycles. The van der Waals surface area contributed by atoms with E-state index in [1.165, 1.54) is 0 Å². The molecule has 2 N–H and O–H groups in total. The zero-order valence-electron chi connectivity index (χ0n) is 7.47. The minimum absolute atomic E-state index is 0.0748. The number of hydrazone groups is 1. The van der Waals surface area contributed by atoms with Crippen molar-refractivity contribution in [3.63, 3.8) is 0 Å². The molecule has 1 rings (SSSR count). The quantitative estimate of drug-likeness (QED) is 0.550. The summed E-state index contributed by atoms with van der Waals surface area (Å²) in [7, 11) is 0. The van der Waals surface area contributed by atoms with Crippen LogP contribution in [-0.4, -0.2) is 31.6 Å². The van der Waals surface area contributed by atoms with Crippen LogP contribution in [-0.2, 0) is 4.79 Å². The summed E-state index contributed by atoms with van der Waals surface area (Å²) < 4.78 is 3.53. The van der Waals surface area contributed by atoms with Crippen molar-refractivity contribution >= 4 is 28.3 Å². The Balaban J connectivity index is 2.33. The molecule has 14 heavy (non-hydrogen) atoms. The fourth-order valence-electron chi connectivity index (χ4n) is 0.664. The van der Waals surface area contributed by atoms with Crippen LogP contribution in [0, 0.1) is 0 Å². The Bertz CT molecular complexity index is 323. The van der Waals surface area contributed by atoms with E-state index in [1.807, 2.05) is 0 Å². The van der Waals surface area contributed by atoms with E-state index in [4.69, 9.17) is 5.11 Å². The van der Waals surface area contributed by atoms with Gasteiger partial charge in [0.15, 0.2) is 0 Å². The second-order valence-corrected chi connectivity index (χ2v) is 3.25. The molecule has 1 heterocycles. The summed E-state index contributed by atoms with van der Waals surface area (Å²) in [6.45, 7) is 1.74. The van der Waals surface area contributed by atoms with Crippen LogP contribution in [0.15, 0.2) is 5.10 Å². The van der Waals surface area contributed by atoms with E-state index >= 15 is 0 Å². The van der Waals surface area contributed by atoms with Gasteiger partial charge < -0.3 is 5.11 Å². The fraction of sp³-hybridized carbons (Fsp3) is 0.500. The molecule has 0 aliphatic carbocycles. The first kappa shape index (κ1) is 10.5.